The highest BCUT2D eigenvalue weighted by atomic mass is 79.9. The highest BCUT2D eigenvalue weighted by Crippen LogP contribution is 2.28. The van der Waals surface area contributed by atoms with Gasteiger partial charge in [0.05, 0.1) is 0 Å². The van der Waals surface area contributed by atoms with Crippen molar-refractivity contribution >= 4 is 39.2 Å². The van der Waals surface area contributed by atoms with Gasteiger partial charge in [0.2, 0.25) is 0 Å². The average molecular weight is 328 g/mol. The van der Waals surface area contributed by atoms with Crippen LogP contribution in [0.4, 0.5) is 5.69 Å². The van der Waals surface area contributed by atoms with Gasteiger partial charge in [0.25, 0.3) is 0 Å². The van der Waals surface area contributed by atoms with E-state index in [2.05, 4.69) is 39.2 Å². The zero-order chi connectivity index (χ0) is 13.1. The van der Waals surface area contributed by atoms with Crippen molar-refractivity contribution in [3.05, 3.63) is 28.2 Å². The summed E-state index contributed by atoms with van der Waals surface area (Å²) in [6.45, 7) is 3.82. The second kappa shape index (κ2) is 6.11. The molecule has 18 heavy (non-hydrogen) atoms. The fourth-order valence-corrected chi connectivity index (χ4v) is 3.66. The summed E-state index contributed by atoms with van der Waals surface area (Å²) in [6.07, 6.45) is 4.68. The average Bonchev–Trinajstić information content (AvgIpc) is 2.38. The molecule has 0 amide bonds. The number of piperidine rings is 1. The quantitative estimate of drug-likeness (QED) is 0.783. The number of thioether (sulfide) groups is 1. The molecule has 0 spiro atoms. The number of rotatable bonds is 3. The number of nitrogens with zero attached hydrogens (tertiary/aromatic N) is 1. The standard InChI is InChI=1S/C14H18BrNOS/c1-10(17)13-4-3-11(9-14(13)15)16-7-5-12(18-2)6-8-16/h3-4,9,12H,5-8H2,1-2H3. The molecule has 0 aliphatic carbocycles. The maximum absolute atomic E-state index is 11.4. The first-order valence-corrected chi connectivity index (χ1v) is 8.28. The summed E-state index contributed by atoms with van der Waals surface area (Å²) in [6, 6.07) is 6.04. The minimum atomic E-state index is 0.106. The van der Waals surface area contributed by atoms with E-state index in [1.807, 2.05) is 17.8 Å². The predicted octanol–water partition coefficient (Wildman–Crippen LogP) is 3.98. The SMILES string of the molecule is CSC1CCN(c2ccc(C(C)=O)c(Br)c2)CC1. The van der Waals surface area contributed by atoms with Crippen molar-refractivity contribution in [2.24, 2.45) is 0 Å². The summed E-state index contributed by atoms with van der Waals surface area (Å²) in [7, 11) is 0. The number of halogens is 1. The lowest BCUT2D eigenvalue weighted by Gasteiger charge is -2.33. The largest absolute Gasteiger partial charge is 0.371 e. The first kappa shape index (κ1) is 13.9. The minimum Gasteiger partial charge on any atom is -0.371 e. The Bertz CT molecular complexity index is 441. The highest BCUT2D eigenvalue weighted by Gasteiger charge is 2.19. The normalized spacial score (nSPS) is 16.9. The molecular weight excluding hydrogens is 310 g/mol. The number of ketones is 1. The first-order chi connectivity index (χ1) is 8.61. The Hall–Kier alpha value is -0.480. The molecule has 1 aromatic carbocycles. The molecule has 0 bridgehead atoms. The van der Waals surface area contributed by atoms with Crippen molar-refractivity contribution in [1.29, 1.82) is 0 Å². The molecule has 1 saturated heterocycles. The van der Waals surface area contributed by atoms with E-state index in [0.29, 0.717) is 0 Å². The monoisotopic (exact) mass is 327 g/mol. The molecule has 1 aromatic rings. The molecule has 0 aromatic heterocycles. The van der Waals surface area contributed by atoms with E-state index in [-0.39, 0.29) is 5.78 Å². The number of hydrogen-bond acceptors (Lipinski definition) is 3. The van der Waals surface area contributed by atoms with Crippen LogP contribution in [-0.4, -0.2) is 30.4 Å². The minimum absolute atomic E-state index is 0.106. The molecule has 1 aliphatic heterocycles. The molecule has 0 N–H and O–H groups in total. The molecule has 4 heteroatoms. The predicted molar refractivity (Wildman–Crippen MR) is 82.9 cm³/mol. The van der Waals surface area contributed by atoms with Crippen LogP contribution < -0.4 is 4.90 Å². The zero-order valence-electron chi connectivity index (χ0n) is 10.8. The molecule has 1 aliphatic rings. The van der Waals surface area contributed by atoms with E-state index in [1.165, 1.54) is 18.5 Å². The van der Waals surface area contributed by atoms with E-state index in [9.17, 15) is 4.79 Å². The van der Waals surface area contributed by atoms with Crippen molar-refractivity contribution in [3.8, 4) is 0 Å². The summed E-state index contributed by atoms with van der Waals surface area (Å²) < 4.78 is 0.902. The van der Waals surface area contributed by atoms with Crippen molar-refractivity contribution in [3.63, 3.8) is 0 Å². The van der Waals surface area contributed by atoms with Gasteiger partial charge in [-0.05, 0) is 60.2 Å². The molecule has 0 saturated carbocycles. The lowest BCUT2D eigenvalue weighted by molar-refractivity contribution is 0.101. The first-order valence-electron chi connectivity index (χ1n) is 6.20. The van der Waals surface area contributed by atoms with Crippen LogP contribution in [0.15, 0.2) is 22.7 Å². The Balaban J connectivity index is 2.11. The Morgan fingerprint density at radius 2 is 2.06 bits per heavy atom. The van der Waals surface area contributed by atoms with Gasteiger partial charge in [0.15, 0.2) is 5.78 Å². The summed E-state index contributed by atoms with van der Waals surface area (Å²) in [4.78, 5) is 13.8. The van der Waals surface area contributed by atoms with Crippen LogP contribution in [0, 0.1) is 0 Å². The van der Waals surface area contributed by atoms with Crippen LogP contribution in [-0.2, 0) is 0 Å². The molecule has 0 radical (unpaired) electrons. The number of anilines is 1. The second-order valence-corrected chi connectivity index (χ2v) is 6.63. The number of benzene rings is 1. The van der Waals surface area contributed by atoms with Gasteiger partial charge in [-0.2, -0.15) is 11.8 Å². The van der Waals surface area contributed by atoms with Crippen LogP contribution >= 0.6 is 27.7 Å². The summed E-state index contributed by atoms with van der Waals surface area (Å²) in [5.41, 5.74) is 1.98. The van der Waals surface area contributed by atoms with Crippen LogP contribution in [0.3, 0.4) is 0 Å². The zero-order valence-corrected chi connectivity index (χ0v) is 13.2. The van der Waals surface area contributed by atoms with Crippen LogP contribution in [0.1, 0.15) is 30.1 Å². The highest BCUT2D eigenvalue weighted by molar-refractivity contribution is 9.10. The molecule has 2 nitrogen and oxygen atoms in total. The van der Waals surface area contributed by atoms with E-state index < -0.39 is 0 Å². The van der Waals surface area contributed by atoms with E-state index in [0.717, 1.165) is 28.4 Å². The molecule has 1 fully saturated rings. The molecule has 0 atom stereocenters. The van der Waals surface area contributed by atoms with Gasteiger partial charge in [-0.1, -0.05) is 0 Å². The summed E-state index contributed by atoms with van der Waals surface area (Å²) in [5.74, 6) is 0.106. The fraction of sp³-hybridized carbons (Fsp3) is 0.500. The number of carbonyl (C=O) groups is 1. The van der Waals surface area contributed by atoms with Crippen molar-refractivity contribution in [2.45, 2.75) is 25.0 Å². The summed E-state index contributed by atoms with van der Waals surface area (Å²) in [5, 5.41) is 0.807. The molecule has 98 valence electrons. The number of carbonyl (C=O) groups excluding carboxylic acids is 1. The molecular formula is C14H18BrNOS. The smallest absolute Gasteiger partial charge is 0.160 e. The number of Topliss-reactive ketones (excluding diaryl/α,β-unsaturated/α-hetero) is 1. The Kier molecular flexibility index (Phi) is 4.73. The Labute approximate surface area is 121 Å². The van der Waals surface area contributed by atoms with E-state index >= 15 is 0 Å². The van der Waals surface area contributed by atoms with Gasteiger partial charge in [-0.25, -0.2) is 0 Å². The maximum Gasteiger partial charge on any atom is 0.160 e. The third-order valence-corrected chi connectivity index (χ3v) is 5.27. The van der Waals surface area contributed by atoms with Crippen molar-refractivity contribution in [2.75, 3.05) is 24.2 Å². The topological polar surface area (TPSA) is 20.3 Å². The fourth-order valence-electron chi connectivity index (χ4n) is 2.34. The van der Waals surface area contributed by atoms with Gasteiger partial charge in [-0.15, -0.1) is 0 Å². The van der Waals surface area contributed by atoms with Gasteiger partial charge >= 0.3 is 0 Å². The second-order valence-electron chi connectivity index (χ2n) is 4.64. The van der Waals surface area contributed by atoms with Gasteiger partial charge < -0.3 is 4.90 Å². The third-order valence-electron chi connectivity index (χ3n) is 3.47. The van der Waals surface area contributed by atoms with Crippen LogP contribution in [0.5, 0.6) is 0 Å². The number of hydrogen-bond donors (Lipinski definition) is 0. The lowest BCUT2D eigenvalue weighted by atomic mass is 10.1. The van der Waals surface area contributed by atoms with E-state index in [1.54, 1.807) is 6.92 Å². The van der Waals surface area contributed by atoms with E-state index in [4.69, 9.17) is 0 Å². The van der Waals surface area contributed by atoms with Crippen LogP contribution in [0.2, 0.25) is 0 Å². The molecule has 0 unspecified atom stereocenters. The van der Waals surface area contributed by atoms with Crippen molar-refractivity contribution < 1.29 is 4.79 Å². The van der Waals surface area contributed by atoms with Gasteiger partial charge in [0.1, 0.15) is 0 Å². The Morgan fingerprint density at radius 1 is 1.39 bits per heavy atom. The lowest BCUT2D eigenvalue weighted by Crippen LogP contribution is -2.34. The summed E-state index contributed by atoms with van der Waals surface area (Å²) >= 11 is 5.46. The molecule has 1 heterocycles. The third kappa shape index (κ3) is 3.09. The van der Waals surface area contributed by atoms with Crippen molar-refractivity contribution in [1.82, 2.24) is 0 Å². The Morgan fingerprint density at radius 3 is 2.56 bits per heavy atom. The molecule has 2 rings (SSSR count). The van der Waals surface area contributed by atoms with Gasteiger partial charge in [0, 0.05) is 34.1 Å². The van der Waals surface area contributed by atoms with Gasteiger partial charge in [-0.3, -0.25) is 4.79 Å². The van der Waals surface area contributed by atoms with Crippen LogP contribution in [0.25, 0.3) is 0 Å². The maximum atomic E-state index is 11.4.